The molecule has 0 bridgehead atoms. The van der Waals surface area contributed by atoms with E-state index in [0.29, 0.717) is 10.6 Å². The van der Waals surface area contributed by atoms with Crippen molar-refractivity contribution in [3.05, 3.63) is 15.3 Å². The van der Waals surface area contributed by atoms with Gasteiger partial charge in [-0.15, -0.1) is 11.3 Å². The van der Waals surface area contributed by atoms with Crippen LogP contribution in [0, 0.1) is 6.92 Å². The van der Waals surface area contributed by atoms with Gasteiger partial charge < -0.3 is 10.5 Å². The summed E-state index contributed by atoms with van der Waals surface area (Å²) in [6.07, 6.45) is 1.01. The SMILES string of the molecule is CCC(C)(C)c1sc(C(=O)OC)c(N)c1C. The maximum absolute atomic E-state index is 11.5. The van der Waals surface area contributed by atoms with Crippen LogP contribution in [0.3, 0.4) is 0 Å². The van der Waals surface area contributed by atoms with Gasteiger partial charge in [-0.25, -0.2) is 4.79 Å². The molecule has 0 saturated heterocycles. The second-order valence-electron chi connectivity index (χ2n) is 4.53. The van der Waals surface area contributed by atoms with Gasteiger partial charge in [0, 0.05) is 4.88 Å². The zero-order valence-electron chi connectivity index (χ0n) is 10.5. The van der Waals surface area contributed by atoms with Crippen LogP contribution in [0.2, 0.25) is 0 Å². The van der Waals surface area contributed by atoms with E-state index in [1.54, 1.807) is 0 Å². The highest BCUT2D eigenvalue weighted by Crippen LogP contribution is 2.40. The van der Waals surface area contributed by atoms with E-state index in [4.69, 9.17) is 10.5 Å². The lowest BCUT2D eigenvalue weighted by molar-refractivity contribution is 0.0607. The first-order valence-electron chi connectivity index (χ1n) is 5.32. The van der Waals surface area contributed by atoms with Crippen molar-refractivity contribution in [3.8, 4) is 0 Å². The Hall–Kier alpha value is -1.03. The van der Waals surface area contributed by atoms with Crippen LogP contribution in [-0.2, 0) is 10.2 Å². The third kappa shape index (κ3) is 2.07. The molecule has 0 amide bonds. The van der Waals surface area contributed by atoms with Gasteiger partial charge >= 0.3 is 5.97 Å². The van der Waals surface area contributed by atoms with Crippen LogP contribution in [0.1, 0.15) is 47.3 Å². The van der Waals surface area contributed by atoms with Gasteiger partial charge in [0.25, 0.3) is 0 Å². The van der Waals surface area contributed by atoms with Crippen LogP contribution in [0.4, 0.5) is 5.69 Å². The lowest BCUT2D eigenvalue weighted by Crippen LogP contribution is -2.14. The van der Waals surface area contributed by atoms with Gasteiger partial charge in [0.05, 0.1) is 12.8 Å². The number of methoxy groups -OCH3 is 1. The van der Waals surface area contributed by atoms with Crippen LogP contribution in [-0.4, -0.2) is 13.1 Å². The Balaban J connectivity index is 3.30. The number of nitrogen functional groups attached to an aromatic ring is 1. The maximum Gasteiger partial charge on any atom is 0.350 e. The normalized spacial score (nSPS) is 11.6. The van der Waals surface area contributed by atoms with Crippen molar-refractivity contribution < 1.29 is 9.53 Å². The number of rotatable bonds is 3. The summed E-state index contributed by atoms with van der Waals surface area (Å²) in [5.74, 6) is -0.344. The van der Waals surface area contributed by atoms with E-state index in [1.807, 2.05) is 6.92 Å². The van der Waals surface area contributed by atoms with Gasteiger partial charge in [0.1, 0.15) is 4.88 Å². The highest BCUT2D eigenvalue weighted by Gasteiger charge is 2.27. The number of anilines is 1. The van der Waals surface area contributed by atoms with E-state index in [9.17, 15) is 4.79 Å². The Morgan fingerprint density at radius 3 is 2.50 bits per heavy atom. The summed E-state index contributed by atoms with van der Waals surface area (Å²) in [7, 11) is 1.38. The Bertz CT molecular complexity index is 407. The average molecular weight is 241 g/mol. The van der Waals surface area contributed by atoms with E-state index in [0.717, 1.165) is 12.0 Å². The highest BCUT2D eigenvalue weighted by atomic mass is 32.1. The van der Waals surface area contributed by atoms with Gasteiger partial charge in [-0.1, -0.05) is 20.8 Å². The molecule has 0 aliphatic carbocycles. The fourth-order valence-electron chi connectivity index (χ4n) is 1.58. The van der Waals surface area contributed by atoms with Gasteiger partial charge in [-0.3, -0.25) is 0 Å². The quantitative estimate of drug-likeness (QED) is 0.827. The topological polar surface area (TPSA) is 52.3 Å². The van der Waals surface area contributed by atoms with Crippen LogP contribution in [0.25, 0.3) is 0 Å². The molecule has 0 aliphatic rings. The highest BCUT2D eigenvalue weighted by molar-refractivity contribution is 7.15. The third-order valence-corrected chi connectivity index (χ3v) is 4.72. The van der Waals surface area contributed by atoms with Crippen LogP contribution < -0.4 is 5.73 Å². The summed E-state index contributed by atoms with van der Waals surface area (Å²) in [6, 6.07) is 0. The zero-order valence-corrected chi connectivity index (χ0v) is 11.3. The summed E-state index contributed by atoms with van der Waals surface area (Å²) in [6.45, 7) is 8.41. The molecule has 1 rings (SSSR count). The van der Waals surface area contributed by atoms with E-state index in [-0.39, 0.29) is 11.4 Å². The van der Waals surface area contributed by atoms with Gasteiger partial charge in [0.15, 0.2) is 0 Å². The minimum atomic E-state index is -0.344. The number of hydrogen-bond acceptors (Lipinski definition) is 4. The number of ether oxygens (including phenoxy) is 1. The third-order valence-electron chi connectivity index (χ3n) is 3.06. The van der Waals surface area contributed by atoms with Crippen LogP contribution >= 0.6 is 11.3 Å². The monoisotopic (exact) mass is 241 g/mol. The average Bonchev–Trinajstić information content (AvgIpc) is 2.56. The van der Waals surface area contributed by atoms with Gasteiger partial charge in [-0.2, -0.15) is 0 Å². The molecule has 1 heterocycles. The molecule has 0 aromatic carbocycles. The molecule has 0 unspecified atom stereocenters. The molecule has 0 spiro atoms. The fourth-order valence-corrected chi connectivity index (χ4v) is 2.89. The van der Waals surface area contributed by atoms with Crippen molar-refractivity contribution in [2.75, 3.05) is 12.8 Å². The summed E-state index contributed by atoms with van der Waals surface area (Å²) in [5, 5.41) is 0. The molecule has 0 fully saturated rings. The molecule has 3 nitrogen and oxygen atoms in total. The molecule has 1 aromatic rings. The molecule has 0 saturated carbocycles. The molecular formula is C12H19NO2S. The van der Waals surface area contributed by atoms with Crippen LogP contribution in [0.15, 0.2) is 0 Å². The number of thiophene rings is 1. The Morgan fingerprint density at radius 1 is 1.50 bits per heavy atom. The Labute approximate surface area is 101 Å². The second kappa shape index (κ2) is 4.45. The van der Waals surface area contributed by atoms with E-state index >= 15 is 0 Å². The molecule has 0 atom stereocenters. The summed E-state index contributed by atoms with van der Waals surface area (Å²) in [5.41, 5.74) is 7.57. The molecule has 4 heteroatoms. The van der Waals surface area contributed by atoms with Crippen molar-refractivity contribution in [1.29, 1.82) is 0 Å². The molecule has 0 aliphatic heterocycles. The number of carbonyl (C=O) groups excluding carboxylic acids is 1. The van der Waals surface area contributed by atoms with Crippen molar-refractivity contribution in [2.24, 2.45) is 0 Å². The van der Waals surface area contributed by atoms with E-state index in [1.165, 1.54) is 23.3 Å². The lowest BCUT2D eigenvalue weighted by Gasteiger charge is -2.22. The van der Waals surface area contributed by atoms with Crippen molar-refractivity contribution >= 4 is 23.0 Å². The first kappa shape index (κ1) is 13.0. The predicted molar refractivity (Wildman–Crippen MR) is 68.1 cm³/mol. The summed E-state index contributed by atoms with van der Waals surface area (Å²) >= 11 is 1.45. The van der Waals surface area contributed by atoms with Crippen LogP contribution in [0.5, 0.6) is 0 Å². The summed E-state index contributed by atoms with van der Waals surface area (Å²) < 4.78 is 4.72. The second-order valence-corrected chi connectivity index (χ2v) is 5.55. The van der Waals surface area contributed by atoms with Gasteiger partial charge in [-0.05, 0) is 24.3 Å². The smallest absolute Gasteiger partial charge is 0.350 e. The Morgan fingerprint density at radius 2 is 2.06 bits per heavy atom. The number of esters is 1. The Kier molecular flexibility index (Phi) is 3.63. The first-order valence-corrected chi connectivity index (χ1v) is 6.14. The first-order chi connectivity index (χ1) is 7.35. The zero-order chi connectivity index (χ0) is 12.5. The lowest BCUT2D eigenvalue weighted by atomic mass is 9.86. The molecule has 90 valence electrons. The van der Waals surface area contributed by atoms with Gasteiger partial charge in [0.2, 0.25) is 0 Å². The predicted octanol–water partition coefficient (Wildman–Crippen LogP) is 3.11. The molecule has 16 heavy (non-hydrogen) atoms. The van der Waals surface area contributed by atoms with Crippen molar-refractivity contribution in [2.45, 2.75) is 39.5 Å². The minimum absolute atomic E-state index is 0.0507. The van der Waals surface area contributed by atoms with E-state index in [2.05, 4.69) is 20.8 Å². The van der Waals surface area contributed by atoms with Crippen molar-refractivity contribution in [1.82, 2.24) is 0 Å². The number of nitrogens with two attached hydrogens (primary N) is 1. The fraction of sp³-hybridized carbons (Fsp3) is 0.583. The standard InChI is InChI=1S/C12H19NO2S/c1-6-12(3,4)10-7(2)8(13)9(16-10)11(14)15-5/h6,13H2,1-5H3. The maximum atomic E-state index is 11.5. The summed E-state index contributed by atoms with van der Waals surface area (Å²) in [4.78, 5) is 13.2. The van der Waals surface area contributed by atoms with Crippen molar-refractivity contribution in [3.63, 3.8) is 0 Å². The largest absolute Gasteiger partial charge is 0.465 e. The minimum Gasteiger partial charge on any atom is -0.465 e. The van der Waals surface area contributed by atoms with E-state index < -0.39 is 0 Å². The molecule has 2 N–H and O–H groups in total. The molecular weight excluding hydrogens is 222 g/mol. The number of carbonyl (C=O) groups is 1. The molecule has 1 aromatic heterocycles. The number of hydrogen-bond donors (Lipinski definition) is 1. The molecule has 0 radical (unpaired) electrons.